The molecule has 0 radical (unpaired) electrons. The molecule has 0 bridgehead atoms. The van der Waals surface area contributed by atoms with E-state index in [1.807, 2.05) is 11.9 Å². The van der Waals surface area contributed by atoms with Crippen LogP contribution in [0.25, 0.3) is 0 Å². The zero-order valence-corrected chi connectivity index (χ0v) is 15.1. The number of carbonyl (C=O) groups excluding carboxylic acids is 1. The molecule has 0 fully saturated rings. The van der Waals surface area contributed by atoms with Crippen molar-refractivity contribution in [2.45, 2.75) is 97.8 Å². The van der Waals surface area contributed by atoms with Gasteiger partial charge in [-0.1, -0.05) is 78.6 Å². The van der Waals surface area contributed by atoms with E-state index in [1.54, 1.807) is 0 Å². The van der Waals surface area contributed by atoms with Gasteiger partial charge in [0.1, 0.15) is 0 Å². The van der Waals surface area contributed by atoms with Crippen LogP contribution in [0.1, 0.15) is 97.8 Å². The van der Waals surface area contributed by atoms with Crippen LogP contribution in [0.4, 0.5) is 0 Å². The molecule has 0 rings (SSSR count). The van der Waals surface area contributed by atoms with Crippen LogP contribution in [0.5, 0.6) is 0 Å². The van der Waals surface area contributed by atoms with Gasteiger partial charge in [-0.2, -0.15) is 0 Å². The van der Waals surface area contributed by atoms with Crippen molar-refractivity contribution in [2.75, 3.05) is 13.6 Å². The molecule has 0 saturated carbocycles. The van der Waals surface area contributed by atoms with Gasteiger partial charge in [0.05, 0.1) is 0 Å². The van der Waals surface area contributed by atoms with Crippen molar-refractivity contribution < 1.29 is 4.79 Å². The molecular weight excluding hydrogens is 258 g/mol. The Morgan fingerprint density at radius 2 is 1.33 bits per heavy atom. The fraction of sp³-hybridized carbons (Fsp3) is 0.947. The Bertz CT molecular complexity index is 240. The zero-order chi connectivity index (χ0) is 15.9. The maximum atomic E-state index is 12.3. The Hall–Kier alpha value is -0.530. The molecule has 0 saturated heterocycles. The first-order chi connectivity index (χ1) is 10.2. The fourth-order valence-corrected chi connectivity index (χ4v) is 2.86. The van der Waals surface area contributed by atoms with Crippen LogP contribution >= 0.6 is 0 Å². The predicted molar refractivity (Wildman–Crippen MR) is 93.6 cm³/mol. The lowest BCUT2D eigenvalue weighted by molar-refractivity contribution is -0.134. The average Bonchev–Trinajstić information content (AvgIpc) is 2.50. The van der Waals surface area contributed by atoms with Crippen LogP contribution in [0, 0.1) is 5.92 Å². The van der Waals surface area contributed by atoms with Gasteiger partial charge in [-0.15, -0.1) is 0 Å². The predicted octanol–water partition coefficient (Wildman–Crippen LogP) is 5.80. The molecule has 0 aromatic rings. The highest BCUT2D eigenvalue weighted by molar-refractivity contribution is 5.78. The van der Waals surface area contributed by atoms with Crippen molar-refractivity contribution in [1.29, 1.82) is 0 Å². The molecule has 0 N–H and O–H groups in total. The van der Waals surface area contributed by atoms with Crippen LogP contribution in [0.2, 0.25) is 0 Å². The van der Waals surface area contributed by atoms with Crippen LogP contribution in [-0.2, 0) is 4.79 Å². The van der Waals surface area contributed by atoms with Crippen LogP contribution < -0.4 is 0 Å². The highest BCUT2D eigenvalue weighted by Crippen LogP contribution is 2.16. The topological polar surface area (TPSA) is 20.3 Å². The molecule has 0 aliphatic heterocycles. The molecule has 2 heteroatoms. The summed E-state index contributed by atoms with van der Waals surface area (Å²) in [6, 6.07) is 0. The van der Waals surface area contributed by atoms with E-state index in [9.17, 15) is 4.79 Å². The van der Waals surface area contributed by atoms with Gasteiger partial charge in [0.25, 0.3) is 0 Å². The molecule has 21 heavy (non-hydrogen) atoms. The third-order valence-electron chi connectivity index (χ3n) is 4.47. The van der Waals surface area contributed by atoms with Crippen molar-refractivity contribution in [3.05, 3.63) is 0 Å². The molecule has 1 unspecified atom stereocenters. The minimum absolute atomic E-state index is 0.254. The lowest BCUT2D eigenvalue weighted by atomic mass is 9.98. The molecule has 0 spiro atoms. The van der Waals surface area contributed by atoms with Gasteiger partial charge in [-0.05, 0) is 19.3 Å². The summed E-state index contributed by atoms with van der Waals surface area (Å²) in [6.07, 6.45) is 15.0. The van der Waals surface area contributed by atoms with Gasteiger partial charge in [-0.3, -0.25) is 4.79 Å². The lowest BCUT2D eigenvalue weighted by Gasteiger charge is -2.23. The van der Waals surface area contributed by atoms with E-state index in [4.69, 9.17) is 0 Å². The maximum Gasteiger partial charge on any atom is 0.225 e. The van der Waals surface area contributed by atoms with Crippen LogP contribution in [0.15, 0.2) is 0 Å². The van der Waals surface area contributed by atoms with Gasteiger partial charge < -0.3 is 4.90 Å². The summed E-state index contributed by atoms with van der Waals surface area (Å²) < 4.78 is 0. The van der Waals surface area contributed by atoms with Gasteiger partial charge in [0.15, 0.2) is 0 Å². The van der Waals surface area contributed by atoms with E-state index in [1.165, 1.54) is 64.2 Å². The molecule has 2 nitrogen and oxygen atoms in total. The molecule has 0 heterocycles. The summed E-state index contributed by atoms with van der Waals surface area (Å²) >= 11 is 0. The molecular formula is C19H39NO. The Labute approximate surface area is 133 Å². The van der Waals surface area contributed by atoms with Crippen molar-refractivity contribution >= 4 is 5.91 Å². The number of carbonyl (C=O) groups is 1. The van der Waals surface area contributed by atoms with Gasteiger partial charge >= 0.3 is 0 Å². The lowest BCUT2D eigenvalue weighted by Crippen LogP contribution is -2.33. The summed E-state index contributed by atoms with van der Waals surface area (Å²) in [4.78, 5) is 14.3. The maximum absolute atomic E-state index is 12.3. The Morgan fingerprint density at radius 3 is 1.86 bits per heavy atom. The second kappa shape index (κ2) is 14.4. The van der Waals surface area contributed by atoms with E-state index in [-0.39, 0.29) is 5.92 Å². The molecule has 0 aliphatic rings. The third kappa shape index (κ3) is 10.8. The largest absolute Gasteiger partial charge is 0.346 e. The minimum Gasteiger partial charge on any atom is -0.346 e. The van der Waals surface area contributed by atoms with Crippen molar-refractivity contribution in [1.82, 2.24) is 4.90 Å². The minimum atomic E-state index is 0.254. The molecule has 0 aromatic heterocycles. The van der Waals surface area contributed by atoms with E-state index >= 15 is 0 Å². The molecule has 1 atom stereocenters. The monoisotopic (exact) mass is 297 g/mol. The van der Waals surface area contributed by atoms with E-state index < -0.39 is 0 Å². The Kier molecular flexibility index (Phi) is 14.0. The fourth-order valence-electron chi connectivity index (χ4n) is 2.86. The SMILES string of the molecule is CCCCCCCCCCN(C)C(=O)C(CC)CCCC. The second-order valence-corrected chi connectivity index (χ2v) is 6.48. The van der Waals surface area contributed by atoms with Gasteiger partial charge in [0.2, 0.25) is 5.91 Å². The first-order valence-electron chi connectivity index (χ1n) is 9.42. The standard InChI is InChI=1S/C19H39NO/c1-5-8-10-11-12-13-14-15-17-20(4)19(21)18(7-3)16-9-6-2/h18H,5-17H2,1-4H3. The van der Waals surface area contributed by atoms with Gasteiger partial charge in [0, 0.05) is 19.5 Å². The summed E-state index contributed by atoms with van der Waals surface area (Å²) in [7, 11) is 1.98. The zero-order valence-electron chi connectivity index (χ0n) is 15.1. The molecule has 0 aliphatic carbocycles. The quantitative estimate of drug-likeness (QED) is 0.371. The van der Waals surface area contributed by atoms with Crippen molar-refractivity contribution in [3.63, 3.8) is 0 Å². The smallest absolute Gasteiger partial charge is 0.225 e. The van der Waals surface area contributed by atoms with Crippen LogP contribution in [0.3, 0.4) is 0 Å². The van der Waals surface area contributed by atoms with Crippen molar-refractivity contribution in [3.8, 4) is 0 Å². The van der Waals surface area contributed by atoms with Crippen LogP contribution in [-0.4, -0.2) is 24.4 Å². The summed E-state index contributed by atoms with van der Waals surface area (Å²) in [5.74, 6) is 0.623. The number of hydrogen-bond donors (Lipinski definition) is 0. The Balaban J connectivity index is 3.67. The van der Waals surface area contributed by atoms with E-state index in [2.05, 4.69) is 20.8 Å². The number of unbranched alkanes of at least 4 members (excludes halogenated alkanes) is 8. The average molecular weight is 298 g/mol. The summed E-state index contributed by atoms with van der Waals surface area (Å²) in [6.45, 7) is 7.54. The summed E-state index contributed by atoms with van der Waals surface area (Å²) in [5, 5.41) is 0. The molecule has 126 valence electrons. The number of nitrogens with zero attached hydrogens (tertiary/aromatic N) is 1. The highest BCUT2D eigenvalue weighted by Gasteiger charge is 2.19. The Morgan fingerprint density at radius 1 is 0.810 bits per heavy atom. The summed E-state index contributed by atoms with van der Waals surface area (Å²) in [5.41, 5.74) is 0. The first-order valence-corrected chi connectivity index (χ1v) is 9.42. The number of rotatable bonds is 14. The first kappa shape index (κ1) is 20.5. The second-order valence-electron chi connectivity index (χ2n) is 6.48. The normalized spacial score (nSPS) is 12.4. The molecule has 1 amide bonds. The van der Waals surface area contributed by atoms with E-state index in [0.717, 1.165) is 19.4 Å². The number of hydrogen-bond acceptors (Lipinski definition) is 1. The number of amides is 1. The third-order valence-corrected chi connectivity index (χ3v) is 4.47. The van der Waals surface area contributed by atoms with Crippen molar-refractivity contribution in [2.24, 2.45) is 5.92 Å². The highest BCUT2D eigenvalue weighted by atomic mass is 16.2. The van der Waals surface area contributed by atoms with E-state index in [0.29, 0.717) is 5.91 Å². The molecule has 0 aromatic carbocycles. The van der Waals surface area contributed by atoms with Gasteiger partial charge in [-0.25, -0.2) is 0 Å².